The zero-order valence-electron chi connectivity index (χ0n) is 41.6. The van der Waals surface area contributed by atoms with Gasteiger partial charge in [-0.15, -0.1) is 0 Å². The van der Waals surface area contributed by atoms with Gasteiger partial charge in [0.15, 0.2) is 6.29 Å². The van der Waals surface area contributed by atoms with Crippen molar-refractivity contribution in [3.8, 4) is 0 Å². The summed E-state index contributed by atoms with van der Waals surface area (Å²) in [7, 11) is 0. The molecule has 0 aromatic carbocycles. The van der Waals surface area contributed by atoms with E-state index in [2.05, 4.69) is 13.8 Å². The molecule has 63 heavy (non-hydrogen) atoms. The highest BCUT2D eigenvalue weighted by molar-refractivity contribution is 5.69. The number of unbranched alkanes of at least 4 members (excludes halogenated alkanes) is 38. The fraction of sp³-hybridized carbons (Fsp3) is 0.981. The number of aliphatic hydroxyl groups excluding tert-OH is 4. The zero-order valence-corrected chi connectivity index (χ0v) is 41.6. The number of hydrogen-bond acceptors (Lipinski definition) is 9. The summed E-state index contributed by atoms with van der Waals surface area (Å²) in [6.45, 7) is 4.64. The maximum Gasteiger partial charge on any atom is 0.306 e. The third-order valence-corrected chi connectivity index (χ3v) is 13.3. The molecule has 1 heterocycles. The van der Waals surface area contributed by atoms with E-state index in [0.29, 0.717) is 13.0 Å². The standard InChI is InChI=1S/C54H106O9/c1-3-5-7-9-11-13-15-17-19-21-22-23-24-25-26-27-28-29-31-33-35-37-39-41-43-50(56)62-48(47-61-54-53(59)52(58)51(57)49(45-55)63-54)46-60-44-42-40-38-36-34-32-30-20-18-16-14-12-10-8-6-4-2/h48-49,51-55,57-59H,3-47H2,1-2H3. The maximum atomic E-state index is 12.9. The Hall–Kier alpha value is -0.810. The Labute approximate surface area is 389 Å². The lowest BCUT2D eigenvalue weighted by atomic mass is 9.99. The molecule has 0 bridgehead atoms. The normalized spacial score (nSPS) is 19.5. The van der Waals surface area contributed by atoms with Crippen molar-refractivity contribution in [1.82, 2.24) is 0 Å². The quantitative estimate of drug-likeness (QED) is 0.0348. The van der Waals surface area contributed by atoms with Crippen molar-refractivity contribution in [3.63, 3.8) is 0 Å². The monoisotopic (exact) mass is 899 g/mol. The Morgan fingerprint density at radius 3 is 1.13 bits per heavy atom. The molecule has 0 aliphatic carbocycles. The van der Waals surface area contributed by atoms with Crippen LogP contribution in [0.1, 0.15) is 277 Å². The first-order valence-corrected chi connectivity index (χ1v) is 27.6. The highest BCUT2D eigenvalue weighted by Crippen LogP contribution is 2.23. The van der Waals surface area contributed by atoms with Crippen LogP contribution in [0.4, 0.5) is 0 Å². The summed E-state index contributed by atoms with van der Waals surface area (Å²) < 4.78 is 22.9. The van der Waals surface area contributed by atoms with Crippen LogP contribution in [0.25, 0.3) is 0 Å². The third-order valence-electron chi connectivity index (χ3n) is 13.3. The lowest BCUT2D eigenvalue weighted by Gasteiger charge is -2.39. The molecule has 1 fully saturated rings. The van der Waals surface area contributed by atoms with E-state index in [0.717, 1.165) is 32.1 Å². The smallest absolute Gasteiger partial charge is 0.306 e. The van der Waals surface area contributed by atoms with Crippen LogP contribution in [0.3, 0.4) is 0 Å². The molecule has 1 aliphatic rings. The van der Waals surface area contributed by atoms with Crippen molar-refractivity contribution in [2.75, 3.05) is 26.4 Å². The van der Waals surface area contributed by atoms with Gasteiger partial charge in [-0.2, -0.15) is 0 Å². The van der Waals surface area contributed by atoms with E-state index < -0.39 is 43.4 Å². The average molecular weight is 899 g/mol. The van der Waals surface area contributed by atoms with Crippen molar-refractivity contribution < 1.29 is 44.2 Å². The first kappa shape index (κ1) is 60.2. The van der Waals surface area contributed by atoms with Crippen LogP contribution in [0.2, 0.25) is 0 Å². The summed E-state index contributed by atoms with van der Waals surface area (Å²) in [5, 5.41) is 40.3. The SMILES string of the molecule is CCCCCCCCCCCCCCCCCCCCCCCCCCC(=O)OC(COCCCCCCCCCCCCCCCCCC)COC1OC(CO)C(O)C(O)C1O. The predicted molar refractivity (Wildman–Crippen MR) is 261 cm³/mol. The van der Waals surface area contributed by atoms with Crippen LogP contribution in [0.5, 0.6) is 0 Å². The minimum Gasteiger partial charge on any atom is -0.457 e. The molecule has 1 aliphatic heterocycles. The molecule has 0 saturated carbocycles. The Kier molecular flexibility index (Phi) is 44.3. The largest absolute Gasteiger partial charge is 0.457 e. The molecule has 9 nitrogen and oxygen atoms in total. The number of carbonyl (C=O) groups is 1. The van der Waals surface area contributed by atoms with Crippen molar-refractivity contribution in [2.24, 2.45) is 0 Å². The first-order valence-electron chi connectivity index (χ1n) is 27.6. The molecular weight excluding hydrogens is 793 g/mol. The van der Waals surface area contributed by atoms with Gasteiger partial charge < -0.3 is 39.4 Å². The molecule has 6 atom stereocenters. The Morgan fingerprint density at radius 2 is 0.778 bits per heavy atom. The molecule has 0 amide bonds. The van der Waals surface area contributed by atoms with Crippen molar-refractivity contribution in [2.45, 2.75) is 314 Å². The van der Waals surface area contributed by atoms with Crippen LogP contribution >= 0.6 is 0 Å². The van der Waals surface area contributed by atoms with E-state index in [9.17, 15) is 25.2 Å². The fourth-order valence-corrected chi connectivity index (χ4v) is 8.97. The van der Waals surface area contributed by atoms with Crippen LogP contribution in [0.15, 0.2) is 0 Å². The van der Waals surface area contributed by atoms with E-state index in [1.807, 2.05) is 0 Å². The summed E-state index contributed by atoms with van der Waals surface area (Å²) in [4.78, 5) is 12.9. The summed E-state index contributed by atoms with van der Waals surface area (Å²) in [6.07, 6.45) is 45.8. The number of carbonyl (C=O) groups excluding carboxylic acids is 1. The van der Waals surface area contributed by atoms with Gasteiger partial charge in [-0.3, -0.25) is 4.79 Å². The van der Waals surface area contributed by atoms with Gasteiger partial charge in [0.1, 0.15) is 30.5 Å². The summed E-state index contributed by atoms with van der Waals surface area (Å²) in [5.74, 6) is -0.304. The van der Waals surface area contributed by atoms with Gasteiger partial charge >= 0.3 is 5.97 Å². The molecule has 6 unspecified atom stereocenters. The van der Waals surface area contributed by atoms with Gasteiger partial charge in [-0.25, -0.2) is 0 Å². The number of ether oxygens (including phenoxy) is 4. The van der Waals surface area contributed by atoms with Gasteiger partial charge in [0.25, 0.3) is 0 Å². The average Bonchev–Trinajstić information content (AvgIpc) is 3.28. The second-order valence-corrected chi connectivity index (χ2v) is 19.4. The predicted octanol–water partition coefficient (Wildman–Crippen LogP) is 13.8. The highest BCUT2D eigenvalue weighted by atomic mass is 16.7. The molecule has 9 heteroatoms. The van der Waals surface area contributed by atoms with E-state index >= 15 is 0 Å². The molecule has 1 saturated heterocycles. The van der Waals surface area contributed by atoms with Crippen molar-refractivity contribution >= 4 is 5.97 Å². The van der Waals surface area contributed by atoms with Gasteiger partial charge in [0, 0.05) is 13.0 Å². The first-order chi connectivity index (χ1) is 30.9. The van der Waals surface area contributed by atoms with Crippen LogP contribution < -0.4 is 0 Å². The second-order valence-electron chi connectivity index (χ2n) is 19.4. The topological polar surface area (TPSA) is 135 Å². The van der Waals surface area contributed by atoms with Gasteiger partial charge in [0.2, 0.25) is 0 Å². The zero-order chi connectivity index (χ0) is 45.7. The van der Waals surface area contributed by atoms with E-state index in [4.69, 9.17) is 18.9 Å². The fourth-order valence-electron chi connectivity index (χ4n) is 8.97. The minimum absolute atomic E-state index is 0.104. The lowest BCUT2D eigenvalue weighted by molar-refractivity contribution is -0.305. The van der Waals surface area contributed by atoms with E-state index in [-0.39, 0.29) is 19.2 Å². The number of aliphatic hydroxyl groups is 4. The van der Waals surface area contributed by atoms with Crippen molar-refractivity contribution in [3.05, 3.63) is 0 Å². The minimum atomic E-state index is -1.53. The Bertz CT molecular complexity index is 935. The second kappa shape index (κ2) is 46.3. The van der Waals surface area contributed by atoms with Gasteiger partial charge in [-0.1, -0.05) is 258 Å². The number of esters is 1. The van der Waals surface area contributed by atoms with Crippen LogP contribution in [0, 0.1) is 0 Å². The van der Waals surface area contributed by atoms with Gasteiger partial charge in [0.05, 0.1) is 19.8 Å². The molecule has 1 rings (SSSR count). The van der Waals surface area contributed by atoms with Crippen LogP contribution in [-0.4, -0.2) is 89.6 Å². The number of rotatable bonds is 49. The highest BCUT2D eigenvalue weighted by Gasteiger charge is 2.44. The molecular formula is C54H106O9. The lowest BCUT2D eigenvalue weighted by Crippen LogP contribution is -2.59. The Balaban J connectivity index is 2.13. The number of hydrogen-bond donors (Lipinski definition) is 4. The summed E-state index contributed by atoms with van der Waals surface area (Å²) in [5.41, 5.74) is 0. The molecule has 0 aromatic rings. The molecule has 376 valence electrons. The van der Waals surface area contributed by atoms with Crippen LogP contribution in [-0.2, 0) is 23.7 Å². The summed E-state index contributed by atoms with van der Waals surface area (Å²) in [6, 6.07) is 0. The van der Waals surface area contributed by atoms with Gasteiger partial charge in [-0.05, 0) is 12.8 Å². The summed E-state index contributed by atoms with van der Waals surface area (Å²) >= 11 is 0. The Morgan fingerprint density at radius 1 is 0.444 bits per heavy atom. The van der Waals surface area contributed by atoms with E-state index in [1.165, 1.54) is 225 Å². The molecule has 0 radical (unpaired) electrons. The molecule has 0 aromatic heterocycles. The maximum absolute atomic E-state index is 12.9. The third kappa shape index (κ3) is 36.9. The van der Waals surface area contributed by atoms with E-state index in [1.54, 1.807) is 0 Å². The molecule has 4 N–H and O–H groups in total. The van der Waals surface area contributed by atoms with Crippen molar-refractivity contribution in [1.29, 1.82) is 0 Å². The molecule has 0 spiro atoms.